The van der Waals surface area contributed by atoms with E-state index < -0.39 is 11.8 Å². The Bertz CT molecular complexity index is 719. The second-order valence-electron chi connectivity index (χ2n) is 5.32. The molecule has 0 atom stereocenters. The number of benzene rings is 1. The first-order valence-corrected chi connectivity index (χ1v) is 7.28. The number of halogens is 2. The third-order valence-corrected chi connectivity index (χ3v) is 4.01. The predicted molar refractivity (Wildman–Crippen MR) is 80.4 cm³/mol. The van der Waals surface area contributed by atoms with Crippen molar-refractivity contribution >= 4 is 17.6 Å². The normalized spacial score (nSPS) is 14.6. The van der Waals surface area contributed by atoms with Crippen LogP contribution in [0.15, 0.2) is 30.5 Å². The van der Waals surface area contributed by atoms with Crippen LogP contribution in [0.2, 0.25) is 5.02 Å². The summed E-state index contributed by atoms with van der Waals surface area (Å²) < 4.78 is 13.6. The van der Waals surface area contributed by atoms with E-state index >= 15 is 0 Å². The zero-order valence-electron chi connectivity index (χ0n) is 11.7. The Hall–Kier alpha value is -1.98. The highest BCUT2D eigenvalue weighted by Crippen LogP contribution is 2.25. The van der Waals surface area contributed by atoms with Crippen molar-refractivity contribution in [2.24, 2.45) is 0 Å². The van der Waals surface area contributed by atoms with Crippen molar-refractivity contribution in [3.8, 4) is 0 Å². The minimum Gasteiger partial charge on any atom is -0.478 e. The van der Waals surface area contributed by atoms with Gasteiger partial charge in [-0.05, 0) is 41.8 Å². The van der Waals surface area contributed by atoms with Crippen molar-refractivity contribution in [3.05, 3.63) is 63.7 Å². The van der Waals surface area contributed by atoms with E-state index in [0.29, 0.717) is 31.1 Å². The quantitative estimate of drug-likeness (QED) is 0.944. The number of hydrogen-bond acceptors (Lipinski definition) is 3. The molecule has 1 aliphatic heterocycles. The van der Waals surface area contributed by atoms with E-state index in [9.17, 15) is 14.3 Å². The number of carboxylic acid groups (broad SMARTS) is 1. The van der Waals surface area contributed by atoms with E-state index in [1.807, 2.05) is 6.07 Å². The van der Waals surface area contributed by atoms with Gasteiger partial charge in [-0.15, -0.1) is 0 Å². The predicted octanol–water partition coefficient (Wildman–Crippen LogP) is 3.13. The smallest absolute Gasteiger partial charge is 0.336 e. The van der Waals surface area contributed by atoms with Gasteiger partial charge in [0.1, 0.15) is 5.82 Å². The summed E-state index contributed by atoms with van der Waals surface area (Å²) >= 11 is 5.81. The minimum atomic E-state index is -1.08. The van der Waals surface area contributed by atoms with Crippen molar-refractivity contribution in [1.82, 2.24) is 9.88 Å². The molecular formula is C16H14ClFN2O2. The number of carbonyl (C=O) groups is 1. The first kappa shape index (κ1) is 14.9. The van der Waals surface area contributed by atoms with Gasteiger partial charge >= 0.3 is 5.97 Å². The van der Waals surface area contributed by atoms with Crippen LogP contribution in [0.1, 0.15) is 27.2 Å². The summed E-state index contributed by atoms with van der Waals surface area (Å²) in [6, 6.07) is 6.15. The lowest BCUT2D eigenvalue weighted by molar-refractivity contribution is 0.0694. The fourth-order valence-corrected chi connectivity index (χ4v) is 2.89. The van der Waals surface area contributed by atoms with Gasteiger partial charge in [-0.2, -0.15) is 0 Å². The molecule has 0 amide bonds. The van der Waals surface area contributed by atoms with E-state index in [4.69, 9.17) is 11.6 Å². The summed E-state index contributed by atoms with van der Waals surface area (Å²) in [5.41, 5.74) is 2.41. The lowest BCUT2D eigenvalue weighted by atomic mass is 9.94. The van der Waals surface area contributed by atoms with Crippen molar-refractivity contribution in [3.63, 3.8) is 0 Å². The zero-order valence-corrected chi connectivity index (χ0v) is 12.5. The maximum atomic E-state index is 13.6. The molecule has 0 aliphatic carbocycles. The Kier molecular flexibility index (Phi) is 4.09. The largest absolute Gasteiger partial charge is 0.478 e. The molecule has 0 bridgehead atoms. The minimum absolute atomic E-state index is 0.0688. The number of fused-ring (bicyclic) bond motifs is 1. The van der Waals surface area contributed by atoms with Gasteiger partial charge in [0.2, 0.25) is 0 Å². The molecule has 6 heteroatoms. The van der Waals surface area contributed by atoms with Gasteiger partial charge < -0.3 is 5.11 Å². The molecule has 0 unspecified atom stereocenters. The molecule has 0 radical (unpaired) electrons. The summed E-state index contributed by atoms with van der Waals surface area (Å²) in [6.07, 6.45) is 2.18. The van der Waals surface area contributed by atoms with Crippen LogP contribution in [0.3, 0.4) is 0 Å². The van der Waals surface area contributed by atoms with Gasteiger partial charge in [-0.25, -0.2) is 9.18 Å². The van der Waals surface area contributed by atoms with Gasteiger partial charge in [-0.1, -0.05) is 11.6 Å². The number of hydrogen-bond donors (Lipinski definition) is 1. The van der Waals surface area contributed by atoms with Gasteiger partial charge in [0.15, 0.2) is 0 Å². The van der Waals surface area contributed by atoms with E-state index in [1.165, 1.54) is 6.07 Å². The molecule has 3 rings (SSSR count). The number of carboxylic acids is 1. The first-order valence-electron chi connectivity index (χ1n) is 6.90. The molecule has 1 aromatic carbocycles. The van der Waals surface area contributed by atoms with Crippen LogP contribution >= 0.6 is 11.6 Å². The van der Waals surface area contributed by atoms with E-state index in [2.05, 4.69) is 9.88 Å². The van der Waals surface area contributed by atoms with Crippen LogP contribution in [-0.2, 0) is 19.5 Å². The number of rotatable bonds is 3. The number of aromatic carboxylic acids is 1. The maximum absolute atomic E-state index is 13.6. The number of aromatic nitrogens is 1. The lowest BCUT2D eigenvalue weighted by Gasteiger charge is -2.29. The van der Waals surface area contributed by atoms with Crippen LogP contribution in [0.25, 0.3) is 0 Å². The van der Waals surface area contributed by atoms with Crippen LogP contribution in [0, 0.1) is 5.82 Å². The standard InChI is InChI=1S/C16H14ClFN2O2/c17-11-1-2-13(19-7-11)9-20-4-3-14-10(8-20)5-12(18)6-15(14)16(21)22/h1-2,5-7H,3-4,8-9H2,(H,21,22). The average Bonchev–Trinajstić information content (AvgIpc) is 2.48. The van der Waals surface area contributed by atoms with Crippen LogP contribution in [0.5, 0.6) is 0 Å². The molecule has 1 N–H and O–H groups in total. The Labute approximate surface area is 132 Å². The van der Waals surface area contributed by atoms with Gasteiger partial charge in [-0.3, -0.25) is 9.88 Å². The molecule has 2 aromatic rings. The topological polar surface area (TPSA) is 53.4 Å². The van der Waals surface area contributed by atoms with Crippen molar-refractivity contribution in [2.75, 3.05) is 6.54 Å². The Morgan fingerprint density at radius 2 is 2.23 bits per heavy atom. The van der Waals surface area contributed by atoms with E-state index in [0.717, 1.165) is 22.9 Å². The summed E-state index contributed by atoms with van der Waals surface area (Å²) in [7, 11) is 0. The number of pyridine rings is 1. The fraction of sp³-hybridized carbons (Fsp3) is 0.250. The van der Waals surface area contributed by atoms with Crippen LogP contribution < -0.4 is 0 Å². The summed E-state index contributed by atoms with van der Waals surface area (Å²) in [5, 5.41) is 9.77. The molecule has 1 aromatic heterocycles. The Morgan fingerprint density at radius 1 is 1.41 bits per heavy atom. The third kappa shape index (κ3) is 3.10. The molecular weight excluding hydrogens is 307 g/mol. The fourth-order valence-electron chi connectivity index (χ4n) is 2.77. The molecule has 4 nitrogen and oxygen atoms in total. The van der Waals surface area contributed by atoms with E-state index in [1.54, 1.807) is 12.3 Å². The highest BCUT2D eigenvalue weighted by molar-refractivity contribution is 6.30. The van der Waals surface area contributed by atoms with Crippen molar-refractivity contribution < 1.29 is 14.3 Å². The average molecular weight is 321 g/mol. The van der Waals surface area contributed by atoms with Crippen LogP contribution in [0.4, 0.5) is 4.39 Å². The lowest BCUT2D eigenvalue weighted by Crippen LogP contribution is -2.31. The van der Waals surface area contributed by atoms with Gasteiger partial charge in [0, 0.05) is 25.8 Å². The highest BCUT2D eigenvalue weighted by Gasteiger charge is 2.23. The monoisotopic (exact) mass is 320 g/mol. The zero-order chi connectivity index (χ0) is 15.7. The molecule has 2 heterocycles. The van der Waals surface area contributed by atoms with Crippen molar-refractivity contribution in [1.29, 1.82) is 0 Å². The Balaban J connectivity index is 1.81. The van der Waals surface area contributed by atoms with Crippen LogP contribution in [-0.4, -0.2) is 27.5 Å². The van der Waals surface area contributed by atoms with Gasteiger partial charge in [0.25, 0.3) is 0 Å². The maximum Gasteiger partial charge on any atom is 0.336 e. The second-order valence-corrected chi connectivity index (χ2v) is 5.76. The molecule has 0 saturated carbocycles. The third-order valence-electron chi connectivity index (χ3n) is 3.78. The van der Waals surface area contributed by atoms with E-state index in [-0.39, 0.29) is 5.56 Å². The second kappa shape index (κ2) is 6.02. The molecule has 0 spiro atoms. The van der Waals surface area contributed by atoms with Gasteiger partial charge in [0.05, 0.1) is 16.3 Å². The molecule has 0 fully saturated rings. The van der Waals surface area contributed by atoms with Crippen molar-refractivity contribution in [2.45, 2.75) is 19.5 Å². The molecule has 114 valence electrons. The first-order chi connectivity index (χ1) is 10.5. The number of nitrogens with zero attached hydrogens (tertiary/aromatic N) is 2. The highest BCUT2D eigenvalue weighted by atomic mass is 35.5. The Morgan fingerprint density at radius 3 is 2.91 bits per heavy atom. The molecule has 22 heavy (non-hydrogen) atoms. The summed E-state index contributed by atoms with van der Waals surface area (Å²) in [5.74, 6) is -1.59. The molecule has 1 aliphatic rings. The summed E-state index contributed by atoms with van der Waals surface area (Å²) in [4.78, 5) is 17.6. The SMILES string of the molecule is O=C(O)c1cc(F)cc2c1CCN(Cc1ccc(Cl)cn1)C2. The summed E-state index contributed by atoms with van der Waals surface area (Å²) in [6.45, 7) is 1.84. The molecule has 0 saturated heterocycles.